The Kier molecular flexibility index (Phi) is 3.79. The molecule has 24 heavy (non-hydrogen) atoms. The minimum absolute atomic E-state index is 0.00249. The van der Waals surface area contributed by atoms with Crippen molar-refractivity contribution in [2.45, 2.75) is 45.9 Å². The zero-order valence-corrected chi connectivity index (χ0v) is 14.6. The Labute approximate surface area is 144 Å². The third kappa shape index (κ3) is 2.48. The predicted octanol–water partition coefficient (Wildman–Crippen LogP) is 4.77. The van der Waals surface area contributed by atoms with Gasteiger partial charge in [-0.25, -0.2) is 5.01 Å². The van der Waals surface area contributed by atoms with Gasteiger partial charge in [0.15, 0.2) is 6.23 Å². The lowest BCUT2D eigenvalue weighted by Gasteiger charge is -2.39. The van der Waals surface area contributed by atoms with Crippen LogP contribution in [0.3, 0.4) is 0 Å². The highest BCUT2D eigenvalue weighted by Crippen LogP contribution is 2.44. The van der Waals surface area contributed by atoms with Crippen LogP contribution in [0, 0.1) is 5.92 Å². The summed E-state index contributed by atoms with van der Waals surface area (Å²) in [4.78, 5) is 0. The largest absolute Gasteiger partial charge is 0.468 e. The molecule has 3 nitrogen and oxygen atoms in total. The second-order valence-electron chi connectivity index (χ2n) is 6.99. The fourth-order valence-corrected chi connectivity index (χ4v) is 3.61. The Morgan fingerprint density at radius 1 is 1.12 bits per heavy atom. The van der Waals surface area contributed by atoms with Crippen molar-refractivity contribution in [1.82, 2.24) is 5.01 Å². The maximum Gasteiger partial charge on any atom is 0.190 e. The molecule has 0 unspecified atom stereocenters. The first-order valence-corrected chi connectivity index (χ1v) is 8.88. The van der Waals surface area contributed by atoms with E-state index in [1.807, 2.05) is 6.07 Å². The molecule has 2 aromatic carbocycles. The molecule has 0 saturated heterocycles. The summed E-state index contributed by atoms with van der Waals surface area (Å²) in [6.07, 6.45) is 2.00. The van der Waals surface area contributed by atoms with Crippen molar-refractivity contribution in [2.75, 3.05) is 0 Å². The first kappa shape index (κ1) is 15.3. The van der Waals surface area contributed by atoms with Gasteiger partial charge in [-0.3, -0.25) is 0 Å². The molecule has 0 radical (unpaired) electrons. The number of aryl methyl sites for hydroxylation is 1. The first-order chi connectivity index (χ1) is 11.7. The molecule has 0 aromatic heterocycles. The van der Waals surface area contributed by atoms with E-state index in [-0.39, 0.29) is 12.3 Å². The molecule has 2 aromatic rings. The van der Waals surface area contributed by atoms with Crippen molar-refractivity contribution in [3.8, 4) is 5.75 Å². The van der Waals surface area contributed by atoms with Crippen molar-refractivity contribution in [1.29, 1.82) is 0 Å². The van der Waals surface area contributed by atoms with E-state index in [0.29, 0.717) is 5.92 Å². The van der Waals surface area contributed by atoms with Gasteiger partial charge >= 0.3 is 0 Å². The van der Waals surface area contributed by atoms with Crippen LogP contribution in [0.1, 0.15) is 49.9 Å². The lowest BCUT2D eigenvalue weighted by molar-refractivity contribution is -0.0461. The number of benzene rings is 2. The molecule has 0 bridgehead atoms. The maximum absolute atomic E-state index is 6.25. The Bertz CT molecular complexity index is 764. The van der Waals surface area contributed by atoms with E-state index in [0.717, 1.165) is 24.3 Å². The normalized spacial score (nSPS) is 22.0. The highest BCUT2D eigenvalue weighted by Gasteiger charge is 2.41. The van der Waals surface area contributed by atoms with E-state index in [9.17, 15) is 0 Å². The number of hydrazone groups is 1. The number of para-hydroxylation sites is 1. The molecule has 4 rings (SSSR count). The van der Waals surface area contributed by atoms with Gasteiger partial charge in [0.2, 0.25) is 0 Å². The molecule has 0 saturated carbocycles. The molecule has 0 N–H and O–H groups in total. The van der Waals surface area contributed by atoms with E-state index in [1.165, 1.54) is 16.7 Å². The van der Waals surface area contributed by atoms with Crippen LogP contribution in [-0.2, 0) is 6.42 Å². The predicted molar refractivity (Wildman–Crippen MR) is 97.3 cm³/mol. The quantitative estimate of drug-likeness (QED) is 0.813. The molecule has 2 heterocycles. The van der Waals surface area contributed by atoms with Crippen LogP contribution in [0.15, 0.2) is 53.6 Å². The third-order valence-corrected chi connectivity index (χ3v) is 4.99. The van der Waals surface area contributed by atoms with Gasteiger partial charge in [0.25, 0.3) is 0 Å². The van der Waals surface area contributed by atoms with E-state index in [2.05, 4.69) is 68.2 Å². The highest BCUT2D eigenvalue weighted by molar-refractivity contribution is 6.02. The lowest BCUT2D eigenvalue weighted by atomic mass is 9.95. The van der Waals surface area contributed by atoms with Crippen LogP contribution in [0.2, 0.25) is 0 Å². The average Bonchev–Trinajstić information content (AvgIpc) is 3.06. The molecule has 2 aliphatic rings. The molecule has 124 valence electrons. The van der Waals surface area contributed by atoms with Crippen LogP contribution in [-0.4, -0.2) is 16.9 Å². The zero-order valence-electron chi connectivity index (χ0n) is 14.6. The minimum atomic E-state index is -0.00249. The second-order valence-corrected chi connectivity index (χ2v) is 6.99. The number of ether oxygens (including phenoxy) is 1. The lowest BCUT2D eigenvalue weighted by Crippen LogP contribution is -2.43. The summed E-state index contributed by atoms with van der Waals surface area (Å²) in [5.41, 5.74) is 5.00. The number of hydrogen-bond donors (Lipinski definition) is 0. The standard InChI is InChI=1S/C21H24N2O/c1-4-15-9-11-16(12-10-15)18-13-19-17-7-5-6-8-20(17)24-21(14(2)3)23(19)22-18/h5-12,14,19,21H,4,13H2,1-3H3/t19-,21-/m0/s1. The molecule has 0 aliphatic carbocycles. The topological polar surface area (TPSA) is 24.8 Å². The summed E-state index contributed by atoms with van der Waals surface area (Å²) < 4.78 is 6.25. The number of rotatable bonds is 3. The monoisotopic (exact) mass is 320 g/mol. The van der Waals surface area contributed by atoms with Gasteiger partial charge in [-0.05, 0) is 23.6 Å². The van der Waals surface area contributed by atoms with Crippen LogP contribution >= 0.6 is 0 Å². The summed E-state index contributed by atoms with van der Waals surface area (Å²) in [7, 11) is 0. The van der Waals surface area contributed by atoms with Crippen molar-refractivity contribution < 1.29 is 4.74 Å². The Morgan fingerprint density at radius 2 is 1.88 bits per heavy atom. The van der Waals surface area contributed by atoms with Crippen molar-refractivity contribution >= 4 is 5.71 Å². The van der Waals surface area contributed by atoms with Crippen LogP contribution in [0.4, 0.5) is 0 Å². The van der Waals surface area contributed by atoms with Gasteiger partial charge in [0, 0.05) is 17.9 Å². The van der Waals surface area contributed by atoms with Gasteiger partial charge in [-0.2, -0.15) is 5.10 Å². The smallest absolute Gasteiger partial charge is 0.190 e. The fraction of sp³-hybridized carbons (Fsp3) is 0.381. The summed E-state index contributed by atoms with van der Waals surface area (Å²) in [5.74, 6) is 1.39. The fourth-order valence-electron chi connectivity index (χ4n) is 3.61. The SMILES string of the molecule is CCc1ccc(C2=NN3[C@@H](C2)c2ccccc2O[C@H]3C(C)C)cc1. The number of hydrogen-bond acceptors (Lipinski definition) is 3. The Morgan fingerprint density at radius 3 is 2.58 bits per heavy atom. The maximum atomic E-state index is 6.25. The van der Waals surface area contributed by atoms with Gasteiger partial charge in [0.1, 0.15) is 5.75 Å². The van der Waals surface area contributed by atoms with Crippen LogP contribution < -0.4 is 4.74 Å². The van der Waals surface area contributed by atoms with E-state index < -0.39 is 0 Å². The second kappa shape index (κ2) is 5.97. The van der Waals surface area contributed by atoms with E-state index in [4.69, 9.17) is 9.84 Å². The van der Waals surface area contributed by atoms with Crippen molar-refractivity contribution in [2.24, 2.45) is 11.0 Å². The van der Waals surface area contributed by atoms with Gasteiger partial charge < -0.3 is 4.74 Å². The van der Waals surface area contributed by atoms with Crippen molar-refractivity contribution in [3.63, 3.8) is 0 Å². The van der Waals surface area contributed by atoms with Crippen molar-refractivity contribution in [3.05, 3.63) is 65.2 Å². The molecule has 0 spiro atoms. The number of fused-ring (bicyclic) bond motifs is 3. The summed E-state index contributed by atoms with van der Waals surface area (Å²) in [6.45, 7) is 6.57. The van der Waals surface area contributed by atoms with Crippen LogP contribution in [0.5, 0.6) is 5.75 Å². The Hall–Kier alpha value is -2.29. The van der Waals surface area contributed by atoms with Crippen LogP contribution in [0.25, 0.3) is 0 Å². The molecular weight excluding hydrogens is 296 g/mol. The molecule has 0 amide bonds. The van der Waals surface area contributed by atoms with Gasteiger partial charge in [0.05, 0.1) is 11.8 Å². The summed E-state index contributed by atoms with van der Waals surface area (Å²) >= 11 is 0. The molecule has 0 fully saturated rings. The molecule has 3 heteroatoms. The zero-order chi connectivity index (χ0) is 16.7. The van der Waals surface area contributed by atoms with E-state index >= 15 is 0 Å². The van der Waals surface area contributed by atoms with Gasteiger partial charge in [-0.1, -0.05) is 63.2 Å². The summed E-state index contributed by atoms with van der Waals surface area (Å²) in [5, 5.41) is 7.14. The average molecular weight is 320 g/mol. The molecular formula is C21H24N2O. The van der Waals surface area contributed by atoms with Gasteiger partial charge in [-0.15, -0.1) is 0 Å². The molecule has 2 aliphatic heterocycles. The Balaban J connectivity index is 1.70. The van der Waals surface area contributed by atoms with E-state index in [1.54, 1.807) is 0 Å². The minimum Gasteiger partial charge on any atom is -0.468 e. The third-order valence-electron chi connectivity index (χ3n) is 4.99. The first-order valence-electron chi connectivity index (χ1n) is 8.88. The number of nitrogens with zero attached hydrogens (tertiary/aromatic N) is 2. The molecule has 2 atom stereocenters. The highest BCUT2D eigenvalue weighted by atomic mass is 16.5. The summed E-state index contributed by atoms with van der Waals surface area (Å²) in [6, 6.07) is 17.5.